The summed E-state index contributed by atoms with van der Waals surface area (Å²) in [5.74, 6) is -0.611. The van der Waals surface area contributed by atoms with Gasteiger partial charge in [-0.25, -0.2) is 4.39 Å². The maximum absolute atomic E-state index is 12.9. The number of rotatable bonds is 5. The number of amides is 1. The quantitative estimate of drug-likeness (QED) is 0.223. The zero-order valence-corrected chi connectivity index (χ0v) is 16.9. The first-order chi connectivity index (χ1) is 12.0. The first-order valence-electron chi connectivity index (χ1n) is 7.68. The van der Waals surface area contributed by atoms with E-state index in [2.05, 4.69) is 5.32 Å². The van der Waals surface area contributed by atoms with E-state index in [1.165, 1.54) is 36.0 Å². The van der Waals surface area contributed by atoms with Gasteiger partial charge >= 0.3 is 0 Å². The van der Waals surface area contributed by atoms with Crippen LogP contribution in [0.15, 0.2) is 59.6 Å². The van der Waals surface area contributed by atoms with E-state index in [4.69, 9.17) is 11.1 Å². The molecule has 5 nitrogen and oxygen atoms in total. The molecule has 2 aromatic carbocycles. The summed E-state index contributed by atoms with van der Waals surface area (Å²) < 4.78 is 14.9. The van der Waals surface area contributed by atoms with E-state index in [1.807, 2.05) is 35.0 Å². The zero-order valence-electron chi connectivity index (χ0n) is 13.7. The van der Waals surface area contributed by atoms with Crippen LogP contribution in [-0.4, -0.2) is 22.2 Å². The fourth-order valence-corrected chi connectivity index (χ4v) is 3.29. The van der Waals surface area contributed by atoms with Crippen LogP contribution in [0.25, 0.3) is 10.9 Å². The Morgan fingerprint density at radius 2 is 1.88 bits per heavy atom. The lowest BCUT2D eigenvalue weighted by atomic mass is 10.2. The minimum atomic E-state index is -0.370. The number of hydrogen-bond donors (Lipinski definition) is 3. The average molecular weight is 484 g/mol. The predicted molar refractivity (Wildman–Crippen MR) is 114 cm³/mol. The highest BCUT2D eigenvalue weighted by atomic mass is 127. The lowest BCUT2D eigenvalue weighted by molar-refractivity contribution is 0.0952. The second kappa shape index (κ2) is 9.04. The van der Waals surface area contributed by atoms with E-state index in [9.17, 15) is 9.18 Å². The van der Waals surface area contributed by atoms with E-state index < -0.39 is 0 Å². The number of nitrogens with one attached hydrogen (secondary N) is 2. The SMILES string of the molecule is I.N=C(N)Sc1cn(CCNC(=O)c2ccc(F)cc2)c2ccccc12. The van der Waals surface area contributed by atoms with Crippen molar-refractivity contribution in [2.75, 3.05) is 6.54 Å². The fraction of sp³-hybridized carbons (Fsp3) is 0.111. The first-order valence-corrected chi connectivity index (χ1v) is 8.50. The zero-order chi connectivity index (χ0) is 17.8. The number of carbonyl (C=O) groups is 1. The monoisotopic (exact) mass is 484 g/mol. The molecular formula is C18H18FIN4OS. The maximum Gasteiger partial charge on any atom is 0.251 e. The molecule has 1 amide bonds. The predicted octanol–water partition coefficient (Wildman–Crippen LogP) is 3.81. The highest BCUT2D eigenvalue weighted by Crippen LogP contribution is 2.29. The number of nitrogens with zero attached hydrogens (tertiary/aromatic N) is 1. The van der Waals surface area contributed by atoms with Crippen molar-refractivity contribution in [3.05, 3.63) is 66.1 Å². The van der Waals surface area contributed by atoms with Crippen LogP contribution in [0.5, 0.6) is 0 Å². The van der Waals surface area contributed by atoms with Gasteiger partial charge in [-0.05, 0) is 30.3 Å². The molecule has 0 fully saturated rings. The van der Waals surface area contributed by atoms with Gasteiger partial charge < -0.3 is 15.6 Å². The molecule has 0 atom stereocenters. The number of carbonyl (C=O) groups excluding carboxylic acids is 1. The molecule has 1 aromatic heterocycles. The Bertz CT molecular complexity index is 927. The van der Waals surface area contributed by atoms with Crippen LogP contribution in [-0.2, 0) is 6.54 Å². The number of para-hydroxylation sites is 1. The largest absolute Gasteiger partial charge is 0.378 e. The molecule has 0 unspecified atom stereocenters. The normalized spacial score (nSPS) is 10.3. The van der Waals surface area contributed by atoms with Gasteiger partial charge in [-0.1, -0.05) is 30.0 Å². The number of nitrogens with two attached hydrogens (primary N) is 1. The molecule has 0 saturated carbocycles. The van der Waals surface area contributed by atoms with Gasteiger partial charge in [0.15, 0.2) is 5.17 Å². The molecule has 136 valence electrons. The number of thioether (sulfide) groups is 1. The highest BCUT2D eigenvalue weighted by molar-refractivity contribution is 14.0. The van der Waals surface area contributed by atoms with E-state index >= 15 is 0 Å². The van der Waals surface area contributed by atoms with Crippen molar-refractivity contribution in [2.45, 2.75) is 11.4 Å². The van der Waals surface area contributed by atoms with Crippen LogP contribution < -0.4 is 11.1 Å². The summed E-state index contributed by atoms with van der Waals surface area (Å²) in [4.78, 5) is 13.0. The van der Waals surface area contributed by atoms with Gasteiger partial charge in [-0.2, -0.15) is 0 Å². The smallest absolute Gasteiger partial charge is 0.251 e. The third-order valence-corrected chi connectivity index (χ3v) is 4.48. The Morgan fingerprint density at radius 3 is 2.58 bits per heavy atom. The molecule has 0 aliphatic rings. The first kappa shape index (κ1) is 20.2. The van der Waals surface area contributed by atoms with Crippen molar-refractivity contribution in [1.82, 2.24) is 9.88 Å². The summed E-state index contributed by atoms with van der Waals surface area (Å²) in [6.45, 7) is 1.00. The van der Waals surface area contributed by atoms with E-state index in [-0.39, 0.29) is 40.9 Å². The lowest BCUT2D eigenvalue weighted by Gasteiger charge is -2.07. The molecule has 4 N–H and O–H groups in total. The van der Waals surface area contributed by atoms with Crippen LogP contribution in [0.1, 0.15) is 10.4 Å². The summed E-state index contributed by atoms with van der Waals surface area (Å²) >= 11 is 1.20. The lowest BCUT2D eigenvalue weighted by Crippen LogP contribution is -2.27. The molecule has 3 aromatic rings. The Balaban J connectivity index is 0.00000243. The van der Waals surface area contributed by atoms with Gasteiger partial charge in [0, 0.05) is 40.6 Å². The van der Waals surface area contributed by atoms with Crippen LogP contribution in [0.4, 0.5) is 4.39 Å². The Kier molecular flexibility index (Phi) is 7.04. The number of aromatic nitrogens is 1. The maximum atomic E-state index is 12.9. The van der Waals surface area contributed by atoms with E-state index in [0.717, 1.165) is 15.8 Å². The summed E-state index contributed by atoms with van der Waals surface area (Å²) in [7, 11) is 0. The molecule has 1 heterocycles. The number of hydrogen-bond acceptors (Lipinski definition) is 3. The Morgan fingerprint density at radius 1 is 1.19 bits per heavy atom. The standard InChI is InChI=1S/C18H17FN4OS.HI/c19-13-7-5-12(6-8-13)17(24)22-9-10-23-11-16(25-18(20)21)14-3-1-2-4-15(14)23;/h1-8,11H,9-10H2,(H3,20,21)(H,22,24);1H. The summed E-state index contributed by atoms with van der Waals surface area (Å²) in [6, 6.07) is 13.3. The molecule has 0 spiro atoms. The Hall–Kier alpha value is -2.07. The summed E-state index contributed by atoms with van der Waals surface area (Å²) in [6.07, 6.45) is 1.93. The molecule has 26 heavy (non-hydrogen) atoms. The summed E-state index contributed by atoms with van der Waals surface area (Å²) in [5, 5.41) is 11.4. The molecular weight excluding hydrogens is 466 g/mol. The van der Waals surface area contributed by atoms with Crippen molar-refractivity contribution in [3.63, 3.8) is 0 Å². The van der Waals surface area contributed by atoms with Gasteiger partial charge in [-0.15, -0.1) is 24.0 Å². The number of amidine groups is 1. The second-order valence-corrected chi connectivity index (χ2v) is 6.52. The molecule has 0 aliphatic carbocycles. The van der Waals surface area contributed by atoms with Gasteiger partial charge in [-0.3, -0.25) is 10.2 Å². The van der Waals surface area contributed by atoms with Gasteiger partial charge in [0.05, 0.1) is 0 Å². The van der Waals surface area contributed by atoms with Gasteiger partial charge in [0.25, 0.3) is 5.91 Å². The van der Waals surface area contributed by atoms with Crippen molar-refractivity contribution in [3.8, 4) is 0 Å². The minimum absolute atomic E-state index is 0. The molecule has 0 radical (unpaired) electrons. The molecule has 0 saturated heterocycles. The van der Waals surface area contributed by atoms with Gasteiger partial charge in [0.1, 0.15) is 5.82 Å². The Labute approximate surface area is 171 Å². The topological polar surface area (TPSA) is 83.9 Å². The van der Waals surface area contributed by atoms with Crippen molar-refractivity contribution in [1.29, 1.82) is 5.41 Å². The van der Waals surface area contributed by atoms with Crippen molar-refractivity contribution in [2.24, 2.45) is 5.73 Å². The molecule has 0 aliphatic heterocycles. The molecule has 0 bridgehead atoms. The van der Waals surface area contributed by atoms with Crippen molar-refractivity contribution < 1.29 is 9.18 Å². The van der Waals surface area contributed by atoms with Crippen LogP contribution in [0.3, 0.4) is 0 Å². The second-order valence-electron chi connectivity index (χ2n) is 5.43. The highest BCUT2D eigenvalue weighted by Gasteiger charge is 2.10. The summed E-state index contributed by atoms with van der Waals surface area (Å²) in [5.41, 5.74) is 6.93. The van der Waals surface area contributed by atoms with Crippen molar-refractivity contribution >= 4 is 57.7 Å². The van der Waals surface area contributed by atoms with Crippen LogP contribution in [0, 0.1) is 11.2 Å². The molecule has 3 rings (SSSR count). The van der Waals surface area contributed by atoms with Crippen LogP contribution >= 0.6 is 35.7 Å². The molecule has 8 heteroatoms. The number of halogens is 2. The number of fused-ring (bicyclic) bond motifs is 1. The minimum Gasteiger partial charge on any atom is -0.378 e. The third kappa shape index (κ3) is 4.76. The number of benzene rings is 2. The van der Waals surface area contributed by atoms with E-state index in [1.54, 1.807) is 0 Å². The van der Waals surface area contributed by atoms with Crippen LogP contribution in [0.2, 0.25) is 0 Å². The average Bonchev–Trinajstić information content (AvgIpc) is 2.93. The van der Waals surface area contributed by atoms with E-state index in [0.29, 0.717) is 18.7 Å². The van der Waals surface area contributed by atoms with Gasteiger partial charge in [0.2, 0.25) is 0 Å². The third-order valence-electron chi connectivity index (χ3n) is 3.72. The fourth-order valence-electron chi connectivity index (χ4n) is 2.59.